The SMILES string of the molecule is CCOc1nc(N)nc2c1ncn2CF.CO[C@](F)(COP(=O)(NC(C)C(=O)OC1CCCC1)Oc1ccccc1)[C@H](C)O. The highest BCUT2D eigenvalue weighted by Crippen LogP contribution is 2.46. The number of carbonyl (C=O) groups excluding carboxylic acids is 1. The molecule has 2 heterocycles. The van der Waals surface area contributed by atoms with Gasteiger partial charge < -0.3 is 29.6 Å². The van der Waals surface area contributed by atoms with Crippen LogP contribution in [0.15, 0.2) is 36.7 Å². The molecule has 2 aromatic heterocycles. The summed E-state index contributed by atoms with van der Waals surface area (Å²) in [5.41, 5.74) is 6.23. The number of nitrogens with one attached hydrogen (secondary N) is 1. The van der Waals surface area contributed by atoms with Gasteiger partial charge in [-0.25, -0.2) is 18.3 Å². The zero-order valence-corrected chi connectivity index (χ0v) is 25.9. The number of rotatable bonds is 14. The van der Waals surface area contributed by atoms with Crippen LogP contribution in [0.5, 0.6) is 11.6 Å². The molecule has 1 fully saturated rings. The number of anilines is 1. The van der Waals surface area contributed by atoms with E-state index < -0.39 is 45.1 Å². The molecular weight excluding hydrogens is 605 g/mol. The molecule has 0 spiro atoms. The van der Waals surface area contributed by atoms with E-state index in [0.717, 1.165) is 32.8 Å². The number of halogens is 2. The number of ether oxygens (including phenoxy) is 3. The molecule has 0 aliphatic heterocycles. The van der Waals surface area contributed by atoms with Crippen molar-refractivity contribution in [1.29, 1.82) is 0 Å². The summed E-state index contributed by atoms with van der Waals surface area (Å²) in [6.07, 6.45) is 3.19. The van der Waals surface area contributed by atoms with Gasteiger partial charge in [-0.05, 0) is 58.6 Å². The molecule has 3 aromatic rings. The van der Waals surface area contributed by atoms with Crippen molar-refractivity contribution in [2.24, 2.45) is 0 Å². The molecule has 1 aromatic carbocycles. The van der Waals surface area contributed by atoms with Crippen LogP contribution in [0.25, 0.3) is 11.2 Å². The summed E-state index contributed by atoms with van der Waals surface area (Å²) < 4.78 is 67.5. The standard InChI is InChI=1S/C19H29FNO7P.C8H10FN5O/c1-14(18(23)27-16-9-7-8-10-16)21-29(24,28-17-11-5-4-6-12-17)26-13-19(20,25-3)15(2)22;1-2-15-7-5-6(12-8(10)13-7)14(3-9)4-11-5/h4-6,11-12,14-16,22H,7-10,13H2,1-3H3,(H,21,24);4H,2-3H2,1H3,(H2,10,12,13)/t14?,15-,19+,29?;/m0./s1. The molecule has 0 bridgehead atoms. The summed E-state index contributed by atoms with van der Waals surface area (Å²) in [6, 6.07) is 7.08. The Morgan fingerprint density at radius 2 is 1.93 bits per heavy atom. The van der Waals surface area contributed by atoms with E-state index in [4.69, 9.17) is 24.3 Å². The quantitative estimate of drug-likeness (QED) is 0.169. The topological polar surface area (TPSA) is 182 Å². The molecule has 14 nitrogen and oxygen atoms in total. The summed E-state index contributed by atoms with van der Waals surface area (Å²) in [6.45, 7) is 3.28. The van der Waals surface area contributed by atoms with Crippen LogP contribution in [0.3, 0.4) is 0 Å². The molecule has 44 heavy (non-hydrogen) atoms. The fraction of sp³-hybridized carbons (Fsp3) is 0.556. The number of para-hydroxylation sites is 1. The predicted octanol–water partition coefficient (Wildman–Crippen LogP) is 4.08. The summed E-state index contributed by atoms with van der Waals surface area (Å²) in [4.78, 5) is 24.1. The van der Waals surface area contributed by atoms with Gasteiger partial charge in [0.25, 0.3) is 5.85 Å². The van der Waals surface area contributed by atoms with E-state index in [1.807, 2.05) is 6.92 Å². The van der Waals surface area contributed by atoms with Crippen molar-refractivity contribution in [3.63, 3.8) is 0 Å². The van der Waals surface area contributed by atoms with E-state index in [-0.39, 0.29) is 23.7 Å². The number of fused-ring (bicyclic) bond motifs is 1. The van der Waals surface area contributed by atoms with Gasteiger partial charge in [-0.15, -0.1) is 0 Å². The Morgan fingerprint density at radius 3 is 2.52 bits per heavy atom. The van der Waals surface area contributed by atoms with Gasteiger partial charge in [0.2, 0.25) is 11.8 Å². The third-order valence-corrected chi connectivity index (χ3v) is 8.14. The van der Waals surface area contributed by atoms with Gasteiger partial charge >= 0.3 is 13.7 Å². The third kappa shape index (κ3) is 9.53. The first-order valence-corrected chi connectivity index (χ1v) is 15.5. The third-order valence-electron chi connectivity index (χ3n) is 6.51. The van der Waals surface area contributed by atoms with Crippen LogP contribution in [0.1, 0.15) is 46.5 Å². The molecule has 2 unspecified atom stereocenters. The van der Waals surface area contributed by atoms with Crippen LogP contribution < -0.4 is 20.1 Å². The molecule has 0 saturated heterocycles. The zero-order chi connectivity index (χ0) is 32.3. The first-order valence-electron chi connectivity index (χ1n) is 14.0. The second kappa shape index (κ2) is 16.0. The van der Waals surface area contributed by atoms with E-state index in [9.17, 15) is 23.2 Å². The smallest absolute Gasteiger partial charge is 0.459 e. The van der Waals surface area contributed by atoms with E-state index in [0.29, 0.717) is 17.8 Å². The van der Waals surface area contributed by atoms with Crippen molar-refractivity contribution in [2.45, 2.75) is 77.4 Å². The number of aromatic nitrogens is 4. The second-order valence-electron chi connectivity index (χ2n) is 9.86. The normalized spacial score (nSPS) is 17.5. The highest BCUT2D eigenvalue weighted by Gasteiger charge is 2.41. The number of aliphatic hydroxyl groups is 1. The molecule has 0 radical (unpaired) electrons. The number of nitrogens with zero attached hydrogens (tertiary/aromatic N) is 4. The maximum Gasteiger partial charge on any atom is 0.459 e. The average molecular weight is 645 g/mol. The highest BCUT2D eigenvalue weighted by molar-refractivity contribution is 7.52. The number of benzene rings is 1. The van der Waals surface area contributed by atoms with Gasteiger partial charge in [-0.1, -0.05) is 18.2 Å². The van der Waals surface area contributed by atoms with Crippen LogP contribution in [0, 0.1) is 0 Å². The van der Waals surface area contributed by atoms with E-state index in [2.05, 4.69) is 24.8 Å². The Kier molecular flexibility index (Phi) is 12.8. The fourth-order valence-corrected chi connectivity index (χ4v) is 5.56. The lowest BCUT2D eigenvalue weighted by Crippen LogP contribution is -2.43. The summed E-state index contributed by atoms with van der Waals surface area (Å²) in [5, 5.41) is 12.1. The molecule has 1 aliphatic rings. The van der Waals surface area contributed by atoms with Crippen LogP contribution in [-0.4, -0.2) is 75.0 Å². The number of hydrogen-bond donors (Lipinski definition) is 3. The van der Waals surface area contributed by atoms with Crippen LogP contribution in [-0.2, 0) is 30.2 Å². The Balaban J connectivity index is 0.000000293. The fourth-order valence-electron chi connectivity index (χ4n) is 4.05. The Morgan fingerprint density at radius 1 is 1.25 bits per heavy atom. The van der Waals surface area contributed by atoms with Crippen LogP contribution in [0.2, 0.25) is 0 Å². The first-order chi connectivity index (χ1) is 20.9. The molecule has 1 saturated carbocycles. The molecule has 4 rings (SSSR count). The van der Waals surface area contributed by atoms with Crippen molar-refractivity contribution >= 4 is 30.8 Å². The van der Waals surface area contributed by atoms with Crippen molar-refractivity contribution < 1.29 is 46.5 Å². The van der Waals surface area contributed by atoms with Gasteiger partial charge in [-0.3, -0.25) is 13.9 Å². The van der Waals surface area contributed by atoms with Crippen molar-refractivity contribution in [2.75, 3.05) is 26.1 Å². The highest BCUT2D eigenvalue weighted by atomic mass is 31.2. The summed E-state index contributed by atoms with van der Waals surface area (Å²) >= 11 is 0. The lowest BCUT2D eigenvalue weighted by Gasteiger charge is -2.29. The molecule has 244 valence electrons. The maximum atomic E-state index is 14.6. The first kappa shape index (κ1) is 35.1. The minimum atomic E-state index is -4.23. The van der Waals surface area contributed by atoms with E-state index in [1.54, 1.807) is 18.2 Å². The Bertz CT molecular complexity index is 1400. The number of alkyl halides is 2. The second-order valence-corrected chi connectivity index (χ2v) is 11.6. The number of imidazole rings is 1. The minimum Gasteiger partial charge on any atom is -0.476 e. The van der Waals surface area contributed by atoms with Crippen molar-refractivity contribution in [1.82, 2.24) is 24.6 Å². The lowest BCUT2D eigenvalue weighted by molar-refractivity contribution is -0.202. The zero-order valence-electron chi connectivity index (χ0n) is 25.0. The van der Waals surface area contributed by atoms with Gasteiger partial charge in [-0.2, -0.15) is 15.1 Å². The monoisotopic (exact) mass is 644 g/mol. The van der Waals surface area contributed by atoms with Gasteiger partial charge in [0.1, 0.15) is 30.6 Å². The minimum absolute atomic E-state index is 0.0427. The summed E-state index contributed by atoms with van der Waals surface area (Å²) in [7, 11) is -3.18. The molecular formula is C27H39F2N6O8P. The van der Waals surface area contributed by atoms with Crippen molar-refractivity contribution in [3.8, 4) is 11.6 Å². The number of hydrogen-bond acceptors (Lipinski definition) is 12. The molecule has 17 heteroatoms. The molecule has 0 amide bonds. The summed E-state index contributed by atoms with van der Waals surface area (Å²) in [5.74, 6) is -2.69. The molecule has 4 atom stereocenters. The largest absolute Gasteiger partial charge is 0.476 e. The van der Waals surface area contributed by atoms with E-state index in [1.165, 1.54) is 36.9 Å². The number of nitrogens with two attached hydrogens (primary N) is 1. The van der Waals surface area contributed by atoms with Gasteiger partial charge in [0.05, 0.1) is 12.9 Å². The van der Waals surface area contributed by atoms with E-state index >= 15 is 0 Å². The average Bonchev–Trinajstić information content (AvgIpc) is 3.66. The Labute approximate surface area is 253 Å². The lowest BCUT2D eigenvalue weighted by atomic mass is 10.2. The van der Waals surface area contributed by atoms with Gasteiger partial charge in [0.15, 0.2) is 18.0 Å². The van der Waals surface area contributed by atoms with Crippen molar-refractivity contribution in [3.05, 3.63) is 36.7 Å². The van der Waals surface area contributed by atoms with Gasteiger partial charge in [0, 0.05) is 7.11 Å². The van der Waals surface area contributed by atoms with Crippen LogP contribution in [0.4, 0.5) is 14.7 Å². The number of nitrogen functional groups attached to an aromatic ring is 1. The van der Waals surface area contributed by atoms with Crippen LogP contribution >= 0.6 is 7.75 Å². The maximum absolute atomic E-state index is 14.6. The number of carbonyl (C=O) groups is 1. The number of aliphatic hydroxyl groups excluding tert-OH is 1. The predicted molar refractivity (Wildman–Crippen MR) is 156 cm³/mol. The molecule has 4 N–H and O–H groups in total. The Hall–Kier alpha value is -3.43. The number of esters is 1. The molecule has 1 aliphatic carbocycles. The number of methoxy groups -OCH3 is 1.